The lowest BCUT2D eigenvalue weighted by Gasteiger charge is -2.26. The van der Waals surface area contributed by atoms with Crippen LogP contribution in [0.1, 0.15) is 12.1 Å². The van der Waals surface area contributed by atoms with Gasteiger partial charge in [0.1, 0.15) is 18.1 Å². The number of carbonyl (C=O) groups is 1. The molecule has 1 aliphatic rings. The highest BCUT2D eigenvalue weighted by atomic mass is 16.5. The monoisotopic (exact) mass is 385 g/mol. The molecule has 3 rings (SSSR count). The highest BCUT2D eigenvalue weighted by molar-refractivity contribution is 5.75. The smallest absolute Gasteiger partial charge is 0.273 e. The molecule has 2 aromatic rings. The van der Waals surface area contributed by atoms with Crippen LogP contribution in [-0.2, 0) is 16.0 Å². The number of carbonyl (C=O) groups excluding carboxylic acids is 1. The molecule has 1 fully saturated rings. The average molecular weight is 385 g/mol. The normalized spacial score (nSPS) is 14.4. The number of ether oxygens (including phenoxy) is 2. The number of morpholine rings is 1. The van der Waals surface area contributed by atoms with Crippen molar-refractivity contribution in [1.82, 2.24) is 25.6 Å². The van der Waals surface area contributed by atoms with Crippen molar-refractivity contribution >= 4 is 5.91 Å². The molecule has 1 saturated heterocycles. The lowest BCUT2D eigenvalue weighted by molar-refractivity contribution is -0.127. The van der Waals surface area contributed by atoms with Gasteiger partial charge in [0.25, 0.3) is 5.56 Å². The molecule has 1 amide bonds. The molecule has 148 valence electrons. The summed E-state index contributed by atoms with van der Waals surface area (Å²) in [4.78, 5) is 27.0. The number of aromatic nitrogens is 3. The van der Waals surface area contributed by atoms with Crippen LogP contribution < -0.4 is 15.7 Å². The molecule has 2 N–H and O–H groups in total. The van der Waals surface area contributed by atoms with E-state index in [9.17, 15) is 9.59 Å². The largest absolute Gasteiger partial charge is 0.490 e. The Hall–Kier alpha value is -3.04. The minimum Gasteiger partial charge on any atom is -0.490 e. The molecule has 0 spiro atoms. The first-order chi connectivity index (χ1) is 13.7. The Morgan fingerprint density at radius 3 is 2.71 bits per heavy atom. The van der Waals surface area contributed by atoms with E-state index in [1.807, 2.05) is 5.01 Å². The molecule has 0 radical (unpaired) electrons. The van der Waals surface area contributed by atoms with Gasteiger partial charge in [0.05, 0.1) is 13.2 Å². The molecule has 9 nitrogen and oxygen atoms in total. The molecule has 0 aliphatic carbocycles. The van der Waals surface area contributed by atoms with Crippen LogP contribution in [0.15, 0.2) is 41.7 Å². The van der Waals surface area contributed by atoms with E-state index in [1.54, 1.807) is 30.3 Å². The Kier molecular flexibility index (Phi) is 6.88. The maximum atomic E-state index is 12.3. The molecule has 2 heterocycles. The number of aromatic amines is 1. The average Bonchev–Trinajstić information content (AvgIpc) is 2.72. The predicted octanol–water partition coefficient (Wildman–Crippen LogP) is 0.693. The first kappa shape index (κ1) is 19.7. The molecule has 0 bridgehead atoms. The van der Waals surface area contributed by atoms with Crippen molar-refractivity contribution in [2.75, 3.05) is 32.9 Å². The van der Waals surface area contributed by atoms with Crippen molar-refractivity contribution in [3.8, 4) is 17.1 Å². The topological polar surface area (TPSA) is 109 Å². The second kappa shape index (κ2) is 9.77. The van der Waals surface area contributed by atoms with E-state index in [-0.39, 0.29) is 30.0 Å². The van der Waals surface area contributed by atoms with E-state index in [1.165, 1.54) is 0 Å². The number of nitrogens with zero attached hydrogens (tertiary/aromatic N) is 3. The van der Waals surface area contributed by atoms with E-state index >= 15 is 0 Å². The van der Waals surface area contributed by atoms with Gasteiger partial charge in [-0.3, -0.25) is 15.0 Å². The van der Waals surface area contributed by atoms with Crippen LogP contribution in [0.3, 0.4) is 0 Å². The minimum absolute atomic E-state index is 0.157. The third-order valence-corrected chi connectivity index (χ3v) is 4.14. The summed E-state index contributed by atoms with van der Waals surface area (Å²) in [6.45, 7) is 6.50. The van der Waals surface area contributed by atoms with Crippen molar-refractivity contribution in [3.63, 3.8) is 0 Å². The minimum atomic E-state index is -0.351. The van der Waals surface area contributed by atoms with Gasteiger partial charge in [-0.05, 0) is 24.3 Å². The Morgan fingerprint density at radius 1 is 1.29 bits per heavy atom. The first-order valence-corrected chi connectivity index (χ1v) is 9.08. The van der Waals surface area contributed by atoms with Gasteiger partial charge in [-0.25, -0.2) is 5.01 Å². The number of amides is 1. The lowest BCUT2D eigenvalue weighted by Crippen LogP contribution is -2.48. The third kappa shape index (κ3) is 5.48. The van der Waals surface area contributed by atoms with Crippen LogP contribution in [0, 0.1) is 0 Å². The Balaban J connectivity index is 1.56. The predicted molar refractivity (Wildman–Crippen MR) is 103 cm³/mol. The summed E-state index contributed by atoms with van der Waals surface area (Å²) < 4.78 is 10.7. The number of H-pyrrole nitrogens is 1. The Bertz CT molecular complexity index is 859. The van der Waals surface area contributed by atoms with E-state index in [2.05, 4.69) is 27.2 Å². The van der Waals surface area contributed by atoms with Crippen LogP contribution in [0.25, 0.3) is 11.4 Å². The van der Waals surface area contributed by atoms with Gasteiger partial charge in [-0.1, -0.05) is 12.7 Å². The Labute approximate surface area is 162 Å². The molecule has 9 heteroatoms. The number of benzene rings is 1. The van der Waals surface area contributed by atoms with Crippen LogP contribution in [0.2, 0.25) is 0 Å². The SMILES string of the molecule is C=CCOc1ccc(-c2nnc(CCC(=O)NN3CCOCC3)c(=O)[nH]2)cc1. The van der Waals surface area contributed by atoms with Gasteiger partial charge in [0.2, 0.25) is 5.91 Å². The molecule has 1 aromatic heterocycles. The fourth-order valence-electron chi connectivity index (χ4n) is 2.66. The lowest BCUT2D eigenvalue weighted by atomic mass is 10.2. The van der Waals surface area contributed by atoms with Crippen molar-refractivity contribution in [2.45, 2.75) is 12.8 Å². The number of hydrogen-bond acceptors (Lipinski definition) is 7. The summed E-state index contributed by atoms with van der Waals surface area (Å²) in [5.74, 6) is 0.894. The van der Waals surface area contributed by atoms with Gasteiger partial charge in [0, 0.05) is 31.5 Å². The maximum absolute atomic E-state index is 12.3. The van der Waals surface area contributed by atoms with Gasteiger partial charge in [-0.2, -0.15) is 0 Å². The maximum Gasteiger partial charge on any atom is 0.273 e. The standard InChI is InChI=1S/C19H23N5O4/c1-2-11-28-15-5-3-14(4-6-15)18-20-19(26)16(21-22-18)7-8-17(25)23-24-9-12-27-13-10-24/h2-6H,1,7-13H2,(H,23,25)(H,20,22,26). The summed E-state index contributed by atoms with van der Waals surface area (Å²) in [6.07, 6.45) is 2.04. The van der Waals surface area contributed by atoms with E-state index in [0.717, 1.165) is 0 Å². The molecular formula is C19H23N5O4. The number of rotatable bonds is 8. The van der Waals surface area contributed by atoms with Gasteiger partial charge in [-0.15, -0.1) is 10.2 Å². The molecule has 1 aliphatic heterocycles. The van der Waals surface area contributed by atoms with E-state index in [4.69, 9.17) is 9.47 Å². The van der Waals surface area contributed by atoms with Crippen molar-refractivity contribution < 1.29 is 14.3 Å². The molecular weight excluding hydrogens is 362 g/mol. The van der Waals surface area contributed by atoms with Crippen LogP contribution in [0.4, 0.5) is 0 Å². The molecule has 0 saturated carbocycles. The zero-order valence-corrected chi connectivity index (χ0v) is 15.5. The Morgan fingerprint density at radius 2 is 2.04 bits per heavy atom. The van der Waals surface area contributed by atoms with Crippen LogP contribution in [-0.4, -0.2) is 59.0 Å². The second-order valence-electron chi connectivity index (χ2n) is 6.21. The number of hydrogen-bond donors (Lipinski definition) is 2. The van der Waals surface area contributed by atoms with Crippen molar-refractivity contribution in [2.24, 2.45) is 0 Å². The fourth-order valence-corrected chi connectivity index (χ4v) is 2.66. The molecule has 1 aromatic carbocycles. The number of nitrogens with one attached hydrogen (secondary N) is 2. The number of hydrazine groups is 1. The van der Waals surface area contributed by atoms with Gasteiger partial charge < -0.3 is 14.5 Å². The van der Waals surface area contributed by atoms with Crippen LogP contribution >= 0.6 is 0 Å². The highest BCUT2D eigenvalue weighted by Crippen LogP contribution is 2.18. The second-order valence-corrected chi connectivity index (χ2v) is 6.21. The summed E-state index contributed by atoms with van der Waals surface area (Å²) in [5, 5.41) is 9.88. The summed E-state index contributed by atoms with van der Waals surface area (Å²) >= 11 is 0. The molecule has 0 atom stereocenters. The van der Waals surface area contributed by atoms with Gasteiger partial charge >= 0.3 is 0 Å². The van der Waals surface area contributed by atoms with Crippen LogP contribution in [0.5, 0.6) is 5.75 Å². The number of aryl methyl sites for hydroxylation is 1. The fraction of sp³-hybridized carbons (Fsp3) is 0.368. The summed E-state index contributed by atoms with van der Waals surface area (Å²) in [5.41, 5.74) is 3.39. The first-order valence-electron chi connectivity index (χ1n) is 9.08. The van der Waals surface area contributed by atoms with Crippen molar-refractivity contribution in [3.05, 3.63) is 53.0 Å². The highest BCUT2D eigenvalue weighted by Gasteiger charge is 2.14. The third-order valence-electron chi connectivity index (χ3n) is 4.14. The summed E-state index contributed by atoms with van der Waals surface area (Å²) in [7, 11) is 0. The molecule has 0 unspecified atom stereocenters. The zero-order valence-electron chi connectivity index (χ0n) is 15.5. The van der Waals surface area contributed by atoms with E-state index < -0.39 is 0 Å². The quantitative estimate of drug-likeness (QED) is 0.644. The van der Waals surface area contributed by atoms with E-state index in [0.29, 0.717) is 50.0 Å². The van der Waals surface area contributed by atoms with Gasteiger partial charge in [0.15, 0.2) is 5.82 Å². The molecule has 28 heavy (non-hydrogen) atoms. The van der Waals surface area contributed by atoms with Crippen molar-refractivity contribution in [1.29, 1.82) is 0 Å². The summed E-state index contributed by atoms with van der Waals surface area (Å²) in [6, 6.07) is 7.13. The zero-order chi connectivity index (χ0) is 19.8.